The Morgan fingerprint density at radius 3 is 2.81 bits per heavy atom. The summed E-state index contributed by atoms with van der Waals surface area (Å²) in [5, 5.41) is 4.77. The lowest BCUT2D eigenvalue weighted by Crippen LogP contribution is -2.47. The fourth-order valence-corrected chi connectivity index (χ4v) is 4.33. The van der Waals surface area contributed by atoms with Crippen molar-refractivity contribution in [3.63, 3.8) is 0 Å². The van der Waals surface area contributed by atoms with Crippen LogP contribution in [0.2, 0.25) is 10.0 Å². The van der Waals surface area contributed by atoms with Gasteiger partial charge in [-0.05, 0) is 32.4 Å². The smallest absolute Gasteiger partial charge is 0.131 e. The Balaban J connectivity index is 1.96. The van der Waals surface area contributed by atoms with Crippen molar-refractivity contribution in [1.29, 1.82) is 0 Å². The standard InChI is InChI=1S/C14H18Cl2N4S/c1-3-17-9-4-5-20(8(2)6-9)14-11(16)7-10(15)12-13(14)19-21-18-12/h7-9,17H,3-6H2,1-2H3. The quantitative estimate of drug-likeness (QED) is 0.914. The van der Waals surface area contributed by atoms with Crippen LogP contribution in [0, 0.1) is 0 Å². The van der Waals surface area contributed by atoms with E-state index in [0.29, 0.717) is 22.1 Å². The molecule has 1 aromatic heterocycles. The van der Waals surface area contributed by atoms with E-state index in [-0.39, 0.29) is 0 Å². The molecule has 0 bridgehead atoms. The predicted octanol–water partition coefficient (Wildman–Crippen LogP) is 3.96. The lowest BCUT2D eigenvalue weighted by molar-refractivity contribution is 0.374. The van der Waals surface area contributed by atoms with Gasteiger partial charge in [-0.3, -0.25) is 0 Å². The molecule has 1 aromatic carbocycles. The molecule has 0 aliphatic carbocycles. The molecule has 0 spiro atoms. The highest BCUT2D eigenvalue weighted by molar-refractivity contribution is 7.00. The normalized spacial score (nSPS) is 23.0. The van der Waals surface area contributed by atoms with Crippen molar-refractivity contribution in [1.82, 2.24) is 14.1 Å². The number of rotatable bonds is 3. The highest BCUT2D eigenvalue weighted by atomic mass is 35.5. The molecule has 1 aliphatic heterocycles. The van der Waals surface area contributed by atoms with Crippen molar-refractivity contribution in [3.05, 3.63) is 16.1 Å². The first-order valence-electron chi connectivity index (χ1n) is 7.22. The SMILES string of the molecule is CCNC1CCN(c2c(Cl)cc(Cl)c3nsnc23)C(C)C1. The number of aromatic nitrogens is 2. The van der Waals surface area contributed by atoms with E-state index in [1.807, 2.05) is 0 Å². The second-order valence-corrected chi connectivity index (χ2v) is 6.81. The zero-order valence-corrected chi connectivity index (χ0v) is 14.4. The first-order chi connectivity index (χ1) is 10.1. The second kappa shape index (κ2) is 6.24. The molecule has 114 valence electrons. The molecule has 4 nitrogen and oxygen atoms in total. The van der Waals surface area contributed by atoms with E-state index in [1.54, 1.807) is 6.07 Å². The highest BCUT2D eigenvalue weighted by Crippen LogP contribution is 2.40. The van der Waals surface area contributed by atoms with Gasteiger partial charge in [-0.25, -0.2) is 0 Å². The van der Waals surface area contributed by atoms with Gasteiger partial charge in [0.05, 0.1) is 27.5 Å². The minimum Gasteiger partial charge on any atom is -0.366 e. The van der Waals surface area contributed by atoms with Crippen molar-refractivity contribution in [2.24, 2.45) is 0 Å². The summed E-state index contributed by atoms with van der Waals surface area (Å²) in [6.07, 6.45) is 2.21. The van der Waals surface area contributed by atoms with Crippen LogP contribution in [0.5, 0.6) is 0 Å². The average molecular weight is 345 g/mol. The molecule has 1 aliphatic rings. The number of hydrogen-bond donors (Lipinski definition) is 1. The van der Waals surface area contributed by atoms with Gasteiger partial charge in [0.1, 0.15) is 11.0 Å². The molecule has 3 rings (SSSR count). The van der Waals surface area contributed by atoms with Crippen molar-refractivity contribution >= 4 is 51.7 Å². The maximum absolute atomic E-state index is 6.46. The third-order valence-corrected chi connectivity index (χ3v) is 5.18. The van der Waals surface area contributed by atoms with Gasteiger partial charge in [0.25, 0.3) is 0 Å². The van der Waals surface area contributed by atoms with Crippen LogP contribution in [0.15, 0.2) is 6.07 Å². The van der Waals surface area contributed by atoms with Crippen LogP contribution in [0.25, 0.3) is 11.0 Å². The van der Waals surface area contributed by atoms with Crippen LogP contribution in [-0.2, 0) is 0 Å². The fraction of sp³-hybridized carbons (Fsp3) is 0.571. The molecular formula is C14H18Cl2N4S. The Labute approximate surface area is 138 Å². The van der Waals surface area contributed by atoms with E-state index < -0.39 is 0 Å². The van der Waals surface area contributed by atoms with Gasteiger partial charge in [0.2, 0.25) is 0 Å². The topological polar surface area (TPSA) is 41.0 Å². The van der Waals surface area contributed by atoms with E-state index >= 15 is 0 Å². The Morgan fingerprint density at radius 2 is 2.10 bits per heavy atom. The number of hydrogen-bond acceptors (Lipinski definition) is 5. The number of halogens is 2. The second-order valence-electron chi connectivity index (χ2n) is 5.47. The molecule has 2 atom stereocenters. The zero-order valence-electron chi connectivity index (χ0n) is 12.1. The molecule has 0 radical (unpaired) electrons. The summed E-state index contributed by atoms with van der Waals surface area (Å²) in [4.78, 5) is 2.34. The summed E-state index contributed by atoms with van der Waals surface area (Å²) in [6.45, 7) is 6.36. The first kappa shape index (κ1) is 15.3. The molecule has 1 N–H and O–H groups in total. The van der Waals surface area contributed by atoms with Gasteiger partial charge in [0.15, 0.2) is 0 Å². The van der Waals surface area contributed by atoms with Crippen LogP contribution in [0.3, 0.4) is 0 Å². The van der Waals surface area contributed by atoms with Crippen molar-refractivity contribution in [2.75, 3.05) is 18.0 Å². The lowest BCUT2D eigenvalue weighted by Gasteiger charge is -2.40. The Morgan fingerprint density at radius 1 is 1.33 bits per heavy atom. The van der Waals surface area contributed by atoms with Gasteiger partial charge < -0.3 is 10.2 Å². The molecule has 0 amide bonds. The summed E-state index contributed by atoms with van der Waals surface area (Å²) in [7, 11) is 0. The molecule has 1 saturated heterocycles. The molecule has 0 saturated carbocycles. The van der Waals surface area contributed by atoms with Gasteiger partial charge in [-0.2, -0.15) is 8.75 Å². The van der Waals surface area contributed by atoms with Crippen LogP contribution in [-0.4, -0.2) is 33.9 Å². The van der Waals surface area contributed by atoms with Crippen LogP contribution >= 0.6 is 34.9 Å². The van der Waals surface area contributed by atoms with E-state index in [2.05, 4.69) is 32.8 Å². The molecule has 2 unspecified atom stereocenters. The van der Waals surface area contributed by atoms with Crippen molar-refractivity contribution < 1.29 is 0 Å². The van der Waals surface area contributed by atoms with E-state index in [1.165, 1.54) is 11.7 Å². The summed E-state index contributed by atoms with van der Waals surface area (Å²) >= 11 is 13.8. The van der Waals surface area contributed by atoms with Crippen molar-refractivity contribution in [2.45, 2.75) is 38.8 Å². The molecule has 7 heteroatoms. The van der Waals surface area contributed by atoms with E-state index in [4.69, 9.17) is 23.2 Å². The molecule has 2 heterocycles. The zero-order chi connectivity index (χ0) is 15.0. The summed E-state index contributed by atoms with van der Waals surface area (Å²) in [5.74, 6) is 0. The minimum atomic E-state index is 0.409. The number of nitrogens with zero attached hydrogens (tertiary/aromatic N) is 3. The monoisotopic (exact) mass is 344 g/mol. The van der Waals surface area contributed by atoms with Crippen LogP contribution in [0.4, 0.5) is 5.69 Å². The third kappa shape index (κ3) is 2.84. The Hall–Kier alpha value is -0.620. The highest BCUT2D eigenvalue weighted by Gasteiger charge is 2.29. The largest absolute Gasteiger partial charge is 0.366 e. The van der Waals surface area contributed by atoms with Gasteiger partial charge in [0, 0.05) is 18.6 Å². The summed E-state index contributed by atoms with van der Waals surface area (Å²) < 4.78 is 8.69. The average Bonchev–Trinajstić information content (AvgIpc) is 2.91. The predicted molar refractivity (Wildman–Crippen MR) is 90.9 cm³/mol. The van der Waals surface area contributed by atoms with E-state index in [9.17, 15) is 0 Å². The first-order valence-corrected chi connectivity index (χ1v) is 8.70. The summed E-state index contributed by atoms with van der Waals surface area (Å²) in [6, 6.07) is 2.77. The van der Waals surface area contributed by atoms with E-state index in [0.717, 1.165) is 42.7 Å². The minimum absolute atomic E-state index is 0.409. The number of nitrogens with one attached hydrogen (secondary N) is 1. The maximum Gasteiger partial charge on any atom is 0.131 e. The number of fused-ring (bicyclic) bond motifs is 1. The molecule has 21 heavy (non-hydrogen) atoms. The number of anilines is 1. The fourth-order valence-electron chi connectivity index (χ4n) is 3.11. The van der Waals surface area contributed by atoms with Gasteiger partial charge >= 0.3 is 0 Å². The van der Waals surface area contributed by atoms with Crippen LogP contribution in [0.1, 0.15) is 26.7 Å². The Kier molecular flexibility index (Phi) is 4.54. The summed E-state index contributed by atoms with van der Waals surface area (Å²) in [5.41, 5.74) is 2.56. The maximum atomic E-state index is 6.46. The van der Waals surface area contributed by atoms with Crippen LogP contribution < -0.4 is 10.2 Å². The van der Waals surface area contributed by atoms with Gasteiger partial charge in [-0.1, -0.05) is 30.1 Å². The van der Waals surface area contributed by atoms with Gasteiger partial charge in [-0.15, -0.1) is 0 Å². The van der Waals surface area contributed by atoms with Crippen molar-refractivity contribution in [3.8, 4) is 0 Å². The Bertz CT molecular complexity index is 645. The number of benzene rings is 1. The number of piperidine rings is 1. The third-order valence-electron chi connectivity index (χ3n) is 4.07. The molecule has 1 fully saturated rings. The molecule has 2 aromatic rings. The lowest BCUT2D eigenvalue weighted by atomic mass is 9.97. The molecular weight excluding hydrogens is 327 g/mol.